The van der Waals surface area contributed by atoms with Gasteiger partial charge in [-0.05, 0) is 128 Å². The normalized spacial score (nSPS) is 43.5. The minimum Gasteiger partial charge on any atom is -0.393 e. The monoisotopic (exact) mass is 545 g/mol. The van der Waals surface area contributed by atoms with Gasteiger partial charge < -0.3 is 15.5 Å². The van der Waals surface area contributed by atoms with Crippen molar-refractivity contribution in [2.45, 2.75) is 97.2 Å². The molecule has 4 nitrogen and oxygen atoms in total. The summed E-state index contributed by atoms with van der Waals surface area (Å²) in [6, 6.07) is 7.73. The highest BCUT2D eigenvalue weighted by molar-refractivity contribution is 9.10. The first-order valence-corrected chi connectivity index (χ1v) is 14.8. The molecule has 5 rings (SSSR count). The van der Waals surface area contributed by atoms with Gasteiger partial charge in [0, 0.05) is 16.6 Å². The van der Waals surface area contributed by atoms with Crippen molar-refractivity contribution in [2.75, 3.05) is 5.32 Å². The van der Waals surface area contributed by atoms with Crippen LogP contribution in [0, 0.1) is 46.3 Å². The minimum atomic E-state index is -0.261. The van der Waals surface area contributed by atoms with Gasteiger partial charge in [0.1, 0.15) is 0 Å². The Morgan fingerprint density at radius 1 is 1.06 bits per heavy atom. The van der Waals surface area contributed by atoms with E-state index in [0.717, 1.165) is 42.3 Å². The van der Waals surface area contributed by atoms with Crippen LogP contribution in [0.1, 0.15) is 85.0 Å². The molecular weight excluding hydrogens is 502 g/mol. The quantitative estimate of drug-likeness (QED) is 0.381. The van der Waals surface area contributed by atoms with E-state index < -0.39 is 0 Å². The van der Waals surface area contributed by atoms with E-state index in [1.807, 2.05) is 24.3 Å². The van der Waals surface area contributed by atoms with Gasteiger partial charge in [-0.3, -0.25) is 4.79 Å². The zero-order valence-corrected chi connectivity index (χ0v) is 23.3. The Morgan fingerprint density at radius 2 is 1.80 bits per heavy atom. The number of benzene rings is 1. The van der Waals surface area contributed by atoms with Crippen LogP contribution >= 0.6 is 15.9 Å². The van der Waals surface area contributed by atoms with Gasteiger partial charge in [0.25, 0.3) is 0 Å². The number of carbonyl (C=O) groups is 1. The van der Waals surface area contributed by atoms with E-state index in [4.69, 9.17) is 0 Å². The smallest absolute Gasteiger partial charge is 0.224 e. The number of amides is 1. The second-order valence-electron chi connectivity index (χ2n) is 13.0. The molecule has 1 amide bonds. The molecule has 0 aliphatic heterocycles. The molecule has 3 N–H and O–H groups in total. The third-order valence-electron chi connectivity index (χ3n) is 11.5. The lowest BCUT2D eigenvalue weighted by Gasteiger charge is -2.62. The lowest BCUT2D eigenvalue weighted by atomic mass is 9.43. The number of hydrogen-bond donors (Lipinski definition) is 3. The summed E-state index contributed by atoms with van der Waals surface area (Å²) in [5, 5.41) is 25.1. The summed E-state index contributed by atoms with van der Waals surface area (Å²) < 4.78 is 1.00. The third kappa shape index (κ3) is 4.52. The molecular formula is C30H44BrNO3. The van der Waals surface area contributed by atoms with Crippen molar-refractivity contribution in [3.8, 4) is 0 Å². The average molecular weight is 547 g/mol. The molecule has 1 aromatic rings. The average Bonchev–Trinajstić information content (AvgIpc) is 3.19. The van der Waals surface area contributed by atoms with Crippen LogP contribution in [-0.4, -0.2) is 28.3 Å². The van der Waals surface area contributed by atoms with E-state index in [1.54, 1.807) is 0 Å². The number of carbonyl (C=O) groups excluding carboxylic acids is 1. The number of aliphatic hydroxyl groups excluding tert-OH is 2. The summed E-state index contributed by atoms with van der Waals surface area (Å²) in [7, 11) is 0. The van der Waals surface area contributed by atoms with E-state index >= 15 is 0 Å². The molecule has 4 saturated carbocycles. The number of nitrogens with one attached hydrogen (secondary N) is 1. The highest BCUT2D eigenvalue weighted by Crippen LogP contribution is 2.68. The second-order valence-corrected chi connectivity index (χ2v) is 13.9. The van der Waals surface area contributed by atoms with Crippen LogP contribution in [0.3, 0.4) is 0 Å². The molecule has 0 unspecified atom stereocenters. The van der Waals surface area contributed by atoms with Crippen LogP contribution in [0.15, 0.2) is 28.7 Å². The van der Waals surface area contributed by atoms with E-state index in [9.17, 15) is 15.0 Å². The van der Waals surface area contributed by atoms with Crippen LogP contribution < -0.4 is 5.32 Å². The van der Waals surface area contributed by atoms with Crippen molar-refractivity contribution in [3.05, 3.63) is 28.7 Å². The lowest BCUT2D eigenvalue weighted by molar-refractivity contribution is -0.174. The molecule has 0 spiro atoms. The van der Waals surface area contributed by atoms with E-state index in [-0.39, 0.29) is 28.9 Å². The maximum absolute atomic E-state index is 12.6. The number of aliphatic hydroxyl groups is 2. The molecule has 0 radical (unpaired) electrons. The van der Waals surface area contributed by atoms with Crippen LogP contribution in [-0.2, 0) is 4.79 Å². The molecule has 1 aromatic carbocycles. The van der Waals surface area contributed by atoms with Crippen molar-refractivity contribution >= 4 is 27.5 Å². The lowest BCUT2D eigenvalue weighted by Crippen LogP contribution is -2.58. The predicted octanol–water partition coefficient (Wildman–Crippen LogP) is 6.79. The third-order valence-corrected chi connectivity index (χ3v) is 12.0. The summed E-state index contributed by atoms with van der Waals surface area (Å²) in [5.41, 5.74) is 1.08. The molecule has 4 aliphatic rings. The zero-order valence-electron chi connectivity index (χ0n) is 21.7. The van der Waals surface area contributed by atoms with Gasteiger partial charge in [-0.25, -0.2) is 0 Å². The molecule has 4 aliphatic carbocycles. The first-order chi connectivity index (χ1) is 16.6. The Kier molecular flexibility index (Phi) is 7.17. The molecule has 0 bridgehead atoms. The van der Waals surface area contributed by atoms with Gasteiger partial charge in [0.2, 0.25) is 5.91 Å². The second kappa shape index (κ2) is 9.76. The van der Waals surface area contributed by atoms with Crippen LogP contribution in [0.2, 0.25) is 0 Å². The first-order valence-electron chi connectivity index (χ1n) is 14.0. The molecule has 5 heteroatoms. The van der Waals surface area contributed by atoms with E-state index in [0.29, 0.717) is 41.9 Å². The van der Waals surface area contributed by atoms with Gasteiger partial charge >= 0.3 is 0 Å². The highest BCUT2D eigenvalue weighted by atomic mass is 79.9. The predicted molar refractivity (Wildman–Crippen MR) is 144 cm³/mol. The first kappa shape index (κ1) is 25.7. The fourth-order valence-electron chi connectivity index (χ4n) is 9.48. The van der Waals surface area contributed by atoms with E-state index in [2.05, 4.69) is 42.0 Å². The zero-order chi connectivity index (χ0) is 25.0. The molecule has 0 saturated heterocycles. The van der Waals surface area contributed by atoms with Crippen molar-refractivity contribution in [3.63, 3.8) is 0 Å². The van der Waals surface area contributed by atoms with Crippen molar-refractivity contribution < 1.29 is 15.0 Å². The minimum absolute atomic E-state index is 0.0415. The van der Waals surface area contributed by atoms with Gasteiger partial charge in [-0.2, -0.15) is 0 Å². The molecule has 35 heavy (non-hydrogen) atoms. The molecule has 194 valence electrons. The summed E-state index contributed by atoms with van der Waals surface area (Å²) in [4.78, 5) is 12.6. The maximum atomic E-state index is 12.6. The van der Waals surface area contributed by atoms with E-state index in [1.165, 1.54) is 25.7 Å². The SMILES string of the molecule is C[C@H](CCC(=O)Nc1ccc(Br)cc1)[C@H]1CC[C@H]2[C@@H]3CC[C@@H]4C[C@H](O)CC[C@]4(C)[C@H]3C[C@H](O)[C@]12C. The van der Waals surface area contributed by atoms with Gasteiger partial charge in [-0.1, -0.05) is 36.7 Å². The van der Waals surface area contributed by atoms with Crippen LogP contribution in [0.25, 0.3) is 0 Å². The van der Waals surface area contributed by atoms with Crippen molar-refractivity contribution in [1.29, 1.82) is 0 Å². The number of fused-ring (bicyclic) bond motifs is 5. The van der Waals surface area contributed by atoms with Gasteiger partial charge in [-0.15, -0.1) is 0 Å². The van der Waals surface area contributed by atoms with Crippen molar-refractivity contribution in [1.82, 2.24) is 0 Å². The molecule has 0 aromatic heterocycles. The summed E-state index contributed by atoms with van der Waals surface area (Å²) in [6.07, 6.45) is 9.84. The highest BCUT2D eigenvalue weighted by Gasteiger charge is 2.63. The molecule has 0 heterocycles. The Balaban J connectivity index is 1.24. The standard InChI is InChI=1S/C30H44BrNO3/c1-18(4-13-28(35)32-21-8-6-20(31)7-9-21)24-11-12-25-23-10-5-19-16-22(33)14-15-29(19,2)26(23)17-27(34)30(24,25)3/h6-9,18-19,22-27,33-34H,4-5,10-17H2,1-3H3,(H,32,35)/t18-,19-,22-,23+,24-,25+,26+,27+,29+,30-/m1/s1. The largest absolute Gasteiger partial charge is 0.393 e. The molecule has 10 atom stereocenters. The van der Waals surface area contributed by atoms with Gasteiger partial charge in [0.05, 0.1) is 12.2 Å². The van der Waals surface area contributed by atoms with Crippen LogP contribution in [0.4, 0.5) is 5.69 Å². The van der Waals surface area contributed by atoms with Crippen molar-refractivity contribution in [2.24, 2.45) is 46.3 Å². The fraction of sp³-hybridized carbons (Fsp3) is 0.767. The Labute approximate surface area is 219 Å². The van der Waals surface area contributed by atoms with Crippen LogP contribution in [0.5, 0.6) is 0 Å². The summed E-state index contributed by atoms with van der Waals surface area (Å²) in [5.74, 6) is 3.47. The number of anilines is 1. The molecule has 4 fully saturated rings. The topological polar surface area (TPSA) is 69.6 Å². The van der Waals surface area contributed by atoms with Gasteiger partial charge in [0.15, 0.2) is 0 Å². The summed E-state index contributed by atoms with van der Waals surface area (Å²) in [6.45, 7) is 7.17. The summed E-state index contributed by atoms with van der Waals surface area (Å²) >= 11 is 3.44. The fourth-order valence-corrected chi connectivity index (χ4v) is 9.74. The maximum Gasteiger partial charge on any atom is 0.224 e. The number of hydrogen-bond acceptors (Lipinski definition) is 3. The Morgan fingerprint density at radius 3 is 2.54 bits per heavy atom. The number of halogens is 1. The Bertz CT molecular complexity index is 921. The number of rotatable bonds is 5. The Hall–Kier alpha value is -0.910.